The number of piperidine rings is 1. The molecule has 7 nitrogen and oxygen atoms in total. The van der Waals surface area contributed by atoms with Crippen molar-refractivity contribution in [3.63, 3.8) is 0 Å². The number of rotatable bonds is 5. The van der Waals surface area contributed by atoms with Crippen molar-refractivity contribution in [3.8, 4) is 5.75 Å². The summed E-state index contributed by atoms with van der Waals surface area (Å²) in [4.78, 5) is 15.9. The van der Waals surface area contributed by atoms with Gasteiger partial charge in [0.15, 0.2) is 11.6 Å². The van der Waals surface area contributed by atoms with Gasteiger partial charge in [-0.1, -0.05) is 0 Å². The van der Waals surface area contributed by atoms with E-state index in [0.29, 0.717) is 31.6 Å². The molecule has 2 fully saturated rings. The lowest BCUT2D eigenvalue weighted by molar-refractivity contribution is -0.206. The lowest BCUT2D eigenvalue weighted by Crippen LogP contribution is -2.59. The van der Waals surface area contributed by atoms with Crippen LogP contribution in [-0.4, -0.2) is 76.5 Å². The molecule has 1 amide bonds. The highest BCUT2D eigenvalue weighted by atomic mass is 19.4. The van der Waals surface area contributed by atoms with Crippen LogP contribution < -0.4 is 4.74 Å². The second kappa shape index (κ2) is 9.53. The lowest BCUT2D eigenvalue weighted by atomic mass is 9.88. The highest BCUT2D eigenvalue weighted by Gasteiger charge is 2.46. The minimum absolute atomic E-state index is 0.0781. The number of hydrogen-bond donors (Lipinski definition) is 1. The van der Waals surface area contributed by atoms with Crippen LogP contribution in [0.1, 0.15) is 48.8 Å². The number of aromatic amines is 1. The van der Waals surface area contributed by atoms with Gasteiger partial charge in [0, 0.05) is 37.9 Å². The van der Waals surface area contributed by atoms with Crippen molar-refractivity contribution in [1.82, 2.24) is 20.0 Å². The number of aromatic nitrogens is 2. The Kier molecular flexibility index (Phi) is 6.86. The number of benzene rings is 1. The third-order valence-corrected chi connectivity index (χ3v) is 6.10. The van der Waals surface area contributed by atoms with E-state index in [0.717, 1.165) is 6.07 Å². The monoisotopic (exact) mass is 484 g/mol. The summed E-state index contributed by atoms with van der Waals surface area (Å²) in [5.41, 5.74) is -0.0110. The molecule has 1 aromatic heterocycles. The number of ether oxygens (including phenoxy) is 2. The van der Waals surface area contributed by atoms with E-state index in [1.165, 1.54) is 23.2 Å². The maximum Gasteiger partial charge on any atom is 0.401 e. The number of hydrogen-bond acceptors (Lipinski definition) is 5. The fourth-order valence-corrected chi connectivity index (χ4v) is 4.62. The summed E-state index contributed by atoms with van der Waals surface area (Å²) in [7, 11) is 0. The zero-order valence-corrected chi connectivity index (χ0v) is 19.1. The minimum Gasteiger partial charge on any atom is -0.488 e. The number of likely N-dealkylation sites (tertiary alicyclic amines) is 1. The van der Waals surface area contributed by atoms with Crippen LogP contribution in [0.25, 0.3) is 0 Å². The predicted octanol–water partition coefficient (Wildman–Crippen LogP) is 3.95. The maximum atomic E-state index is 14.4. The van der Waals surface area contributed by atoms with E-state index in [-0.39, 0.29) is 36.4 Å². The Hall–Kier alpha value is -2.66. The molecular weight excluding hydrogens is 456 g/mol. The molecule has 2 aliphatic heterocycles. The van der Waals surface area contributed by atoms with Gasteiger partial charge in [0.25, 0.3) is 5.91 Å². The summed E-state index contributed by atoms with van der Waals surface area (Å²) >= 11 is 0. The van der Waals surface area contributed by atoms with Crippen LogP contribution in [0.2, 0.25) is 0 Å². The topological polar surface area (TPSA) is 70.7 Å². The molecule has 0 radical (unpaired) electrons. The van der Waals surface area contributed by atoms with Gasteiger partial charge in [-0.2, -0.15) is 18.3 Å². The molecule has 4 rings (SSSR count). The Balaban J connectivity index is 1.45. The molecule has 2 aliphatic rings. The molecular formula is C23H28F4N4O3. The second-order valence-corrected chi connectivity index (χ2v) is 9.19. The van der Waals surface area contributed by atoms with Crippen LogP contribution in [0.4, 0.5) is 17.6 Å². The fraction of sp³-hybridized carbons (Fsp3) is 0.565. The largest absolute Gasteiger partial charge is 0.488 e. The van der Waals surface area contributed by atoms with Crippen LogP contribution in [0.5, 0.6) is 5.75 Å². The van der Waals surface area contributed by atoms with Crippen molar-refractivity contribution in [2.75, 3.05) is 32.7 Å². The molecule has 1 unspecified atom stereocenters. The normalized spacial score (nSPS) is 21.3. The first kappa shape index (κ1) is 24.5. The van der Waals surface area contributed by atoms with E-state index in [9.17, 15) is 22.4 Å². The third kappa shape index (κ3) is 5.69. The van der Waals surface area contributed by atoms with Crippen LogP contribution in [0.15, 0.2) is 30.5 Å². The standard InChI is InChI=1S/C23H28F4N4O3/c1-15(2)33-19-4-3-16(11-17(19)24)21(32)31-9-6-22(7-10-31)13-30(14-23(25,26)27)12-20(34-22)18-5-8-28-29-18/h3-5,8,11,15,20H,6-7,9-10,12-14H2,1-2H3,(H,28,29). The van der Waals surface area contributed by atoms with Gasteiger partial charge in [0.1, 0.15) is 6.10 Å². The molecule has 0 saturated carbocycles. The summed E-state index contributed by atoms with van der Waals surface area (Å²) in [6.07, 6.45) is -2.84. The van der Waals surface area contributed by atoms with Crippen LogP contribution >= 0.6 is 0 Å². The Morgan fingerprint density at radius 3 is 2.62 bits per heavy atom. The Morgan fingerprint density at radius 1 is 1.29 bits per heavy atom. The summed E-state index contributed by atoms with van der Waals surface area (Å²) < 4.78 is 65.5. The molecule has 186 valence electrons. The van der Waals surface area contributed by atoms with E-state index < -0.39 is 30.2 Å². The van der Waals surface area contributed by atoms with Crippen molar-refractivity contribution in [1.29, 1.82) is 0 Å². The highest BCUT2D eigenvalue weighted by molar-refractivity contribution is 5.94. The summed E-state index contributed by atoms with van der Waals surface area (Å²) in [5, 5.41) is 6.68. The average molecular weight is 484 g/mol. The molecule has 1 atom stereocenters. The number of morpholine rings is 1. The molecule has 1 aromatic carbocycles. The first-order valence-electron chi connectivity index (χ1n) is 11.3. The van der Waals surface area contributed by atoms with Crippen LogP contribution in [0, 0.1) is 5.82 Å². The number of amides is 1. The number of nitrogens with one attached hydrogen (secondary N) is 1. The Bertz CT molecular complexity index is 989. The predicted molar refractivity (Wildman–Crippen MR) is 115 cm³/mol. The van der Waals surface area contributed by atoms with Gasteiger partial charge in [0.2, 0.25) is 0 Å². The van der Waals surface area contributed by atoms with E-state index in [2.05, 4.69) is 10.2 Å². The minimum atomic E-state index is -4.33. The van der Waals surface area contributed by atoms with Crippen LogP contribution in [0.3, 0.4) is 0 Å². The molecule has 0 bridgehead atoms. The number of alkyl halides is 3. The molecule has 0 aliphatic carbocycles. The molecule has 3 heterocycles. The first-order chi connectivity index (χ1) is 16.0. The van der Waals surface area contributed by atoms with Gasteiger partial charge in [-0.05, 0) is 51.0 Å². The number of nitrogens with zero attached hydrogens (tertiary/aromatic N) is 3. The third-order valence-electron chi connectivity index (χ3n) is 6.10. The smallest absolute Gasteiger partial charge is 0.401 e. The molecule has 2 aromatic rings. The van der Waals surface area contributed by atoms with Gasteiger partial charge in [-0.25, -0.2) is 4.39 Å². The molecule has 34 heavy (non-hydrogen) atoms. The molecule has 1 N–H and O–H groups in total. The lowest BCUT2D eigenvalue weighted by Gasteiger charge is -2.50. The van der Waals surface area contributed by atoms with Crippen molar-refractivity contribution in [2.24, 2.45) is 0 Å². The van der Waals surface area contributed by atoms with E-state index >= 15 is 0 Å². The molecule has 11 heteroatoms. The quantitative estimate of drug-likeness (QED) is 0.651. The second-order valence-electron chi connectivity index (χ2n) is 9.19. The zero-order valence-electron chi connectivity index (χ0n) is 19.1. The van der Waals surface area contributed by atoms with Gasteiger partial charge < -0.3 is 14.4 Å². The van der Waals surface area contributed by atoms with Crippen molar-refractivity contribution in [3.05, 3.63) is 47.5 Å². The SMILES string of the molecule is CC(C)Oc1ccc(C(=O)N2CCC3(CC2)CN(CC(F)(F)F)CC(c2ccn[nH]2)O3)cc1F. The average Bonchev–Trinajstić information content (AvgIpc) is 3.28. The van der Waals surface area contributed by atoms with Gasteiger partial charge in [0.05, 0.1) is 23.9 Å². The number of halogens is 4. The highest BCUT2D eigenvalue weighted by Crippen LogP contribution is 2.38. The summed E-state index contributed by atoms with van der Waals surface area (Å²) in [6.45, 7) is 3.32. The summed E-state index contributed by atoms with van der Waals surface area (Å²) in [6, 6.07) is 5.79. The summed E-state index contributed by atoms with van der Waals surface area (Å²) in [5.74, 6) is -0.874. The zero-order chi connectivity index (χ0) is 24.5. The number of H-pyrrole nitrogens is 1. The van der Waals surface area contributed by atoms with Crippen molar-refractivity contribution < 1.29 is 31.8 Å². The van der Waals surface area contributed by atoms with Gasteiger partial charge in [-0.3, -0.25) is 14.8 Å². The van der Waals surface area contributed by atoms with Gasteiger partial charge in [-0.15, -0.1) is 0 Å². The number of carbonyl (C=O) groups is 1. The molecule has 2 saturated heterocycles. The first-order valence-corrected chi connectivity index (χ1v) is 11.3. The van der Waals surface area contributed by atoms with E-state index in [1.807, 2.05) is 0 Å². The van der Waals surface area contributed by atoms with E-state index in [4.69, 9.17) is 9.47 Å². The Morgan fingerprint density at radius 2 is 2.03 bits per heavy atom. The van der Waals surface area contributed by atoms with Crippen molar-refractivity contribution in [2.45, 2.75) is 50.7 Å². The van der Waals surface area contributed by atoms with Gasteiger partial charge >= 0.3 is 6.18 Å². The van der Waals surface area contributed by atoms with Crippen molar-refractivity contribution >= 4 is 5.91 Å². The molecule has 1 spiro atoms. The van der Waals surface area contributed by atoms with E-state index in [1.54, 1.807) is 24.8 Å². The number of carbonyl (C=O) groups excluding carboxylic acids is 1. The van der Waals surface area contributed by atoms with Crippen LogP contribution in [-0.2, 0) is 4.74 Å². The fourth-order valence-electron chi connectivity index (χ4n) is 4.62. The Labute approximate surface area is 195 Å². The maximum absolute atomic E-state index is 14.4.